The molecule has 0 aliphatic heterocycles. The first-order chi connectivity index (χ1) is 6.50. The molecule has 14 heavy (non-hydrogen) atoms. The molecule has 1 N–H and O–H groups in total. The molecule has 3 nitrogen and oxygen atoms in total. The number of thiophene rings is 1. The van der Waals surface area contributed by atoms with Gasteiger partial charge < -0.3 is 5.32 Å². The molecular formula is C9H10ClNO2S. The fraction of sp³-hybridized carbons (Fsp3) is 0.333. The Morgan fingerprint density at radius 2 is 2.14 bits per heavy atom. The van der Waals surface area contributed by atoms with Crippen LogP contribution in [0.2, 0.25) is 4.34 Å². The van der Waals surface area contributed by atoms with Gasteiger partial charge in [-0.25, -0.2) is 0 Å². The first kappa shape index (κ1) is 11.2. The highest BCUT2D eigenvalue weighted by Crippen LogP contribution is 2.21. The van der Waals surface area contributed by atoms with Crippen LogP contribution in [0.25, 0.3) is 0 Å². The average Bonchev–Trinajstić information content (AvgIpc) is 2.51. The molecule has 1 atom stereocenters. The summed E-state index contributed by atoms with van der Waals surface area (Å²) in [5.41, 5.74) is 0. The molecule has 0 saturated heterocycles. The number of hydrogen-bond acceptors (Lipinski definition) is 3. The Labute approximate surface area is 91.1 Å². The van der Waals surface area contributed by atoms with Crippen molar-refractivity contribution >= 4 is 34.6 Å². The normalized spacial score (nSPS) is 12.2. The number of amides is 1. The van der Waals surface area contributed by atoms with Crippen LogP contribution in [-0.4, -0.2) is 17.7 Å². The van der Waals surface area contributed by atoms with E-state index in [0.29, 0.717) is 9.21 Å². The zero-order valence-corrected chi connectivity index (χ0v) is 9.41. The second-order valence-electron chi connectivity index (χ2n) is 2.91. The lowest BCUT2D eigenvalue weighted by atomic mass is 10.2. The molecule has 0 saturated carbocycles. The Morgan fingerprint density at radius 1 is 1.50 bits per heavy atom. The Morgan fingerprint density at radius 3 is 2.57 bits per heavy atom. The molecule has 0 aliphatic carbocycles. The van der Waals surface area contributed by atoms with Gasteiger partial charge in [-0.05, 0) is 26.0 Å². The first-order valence-corrected chi connectivity index (χ1v) is 5.27. The number of carbonyl (C=O) groups is 2. The minimum Gasteiger partial charge on any atom is -0.342 e. The van der Waals surface area contributed by atoms with Crippen molar-refractivity contribution in [3.05, 3.63) is 21.3 Å². The van der Waals surface area contributed by atoms with Crippen LogP contribution in [-0.2, 0) is 4.79 Å². The van der Waals surface area contributed by atoms with Gasteiger partial charge in [0.2, 0.25) is 0 Å². The maximum absolute atomic E-state index is 11.5. The number of carbonyl (C=O) groups excluding carboxylic acids is 2. The Balaban J connectivity index is 2.63. The lowest BCUT2D eigenvalue weighted by Crippen LogP contribution is -2.36. The summed E-state index contributed by atoms with van der Waals surface area (Å²) in [4.78, 5) is 22.9. The van der Waals surface area contributed by atoms with Crippen LogP contribution in [0.1, 0.15) is 23.5 Å². The molecule has 1 heterocycles. The Bertz CT molecular complexity index is 361. The van der Waals surface area contributed by atoms with Crippen molar-refractivity contribution in [1.29, 1.82) is 0 Å². The van der Waals surface area contributed by atoms with E-state index in [1.54, 1.807) is 19.1 Å². The summed E-state index contributed by atoms with van der Waals surface area (Å²) in [7, 11) is 0. The summed E-state index contributed by atoms with van der Waals surface area (Å²) in [6.45, 7) is 3.09. The third-order valence-corrected chi connectivity index (χ3v) is 2.98. The smallest absolute Gasteiger partial charge is 0.261 e. The number of rotatable bonds is 3. The molecule has 0 bridgehead atoms. The summed E-state index contributed by atoms with van der Waals surface area (Å²) in [5, 5.41) is 2.57. The van der Waals surface area contributed by atoms with Crippen molar-refractivity contribution < 1.29 is 9.59 Å². The molecule has 0 fully saturated rings. The zero-order chi connectivity index (χ0) is 10.7. The van der Waals surface area contributed by atoms with E-state index in [1.807, 2.05) is 0 Å². The van der Waals surface area contributed by atoms with E-state index in [9.17, 15) is 9.59 Å². The number of Topliss-reactive ketones (excluding diaryl/α,β-unsaturated/α-hetero) is 1. The maximum Gasteiger partial charge on any atom is 0.261 e. The summed E-state index contributed by atoms with van der Waals surface area (Å²) in [6.07, 6.45) is 0. The highest BCUT2D eigenvalue weighted by Gasteiger charge is 2.14. The van der Waals surface area contributed by atoms with Gasteiger partial charge in [-0.2, -0.15) is 0 Å². The van der Waals surface area contributed by atoms with Crippen molar-refractivity contribution in [2.24, 2.45) is 0 Å². The molecule has 76 valence electrons. The van der Waals surface area contributed by atoms with E-state index in [-0.39, 0.29) is 11.7 Å². The predicted molar refractivity (Wildman–Crippen MR) is 56.9 cm³/mol. The van der Waals surface area contributed by atoms with E-state index in [1.165, 1.54) is 18.3 Å². The number of nitrogens with one attached hydrogen (secondary N) is 1. The van der Waals surface area contributed by atoms with Crippen LogP contribution in [0.5, 0.6) is 0 Å². The Kier molecular flexibility index (Phi) is 3.66. The van der Waals surface area contributed by atoms with Crippen molar-refractivity contribution in [3.63, 3.8) is 0 Å². The van der Waals surface area contributed by atoms with Gasteiger partial charge in [-0.3, -0.25) is 9.59 Å². The monoisotopic (exact) mass is 231 g/mol. The molecule has 0 radical (unpaired) electrons. The molecule has 5 heteroatoms. The van der Waals surface area contributed by atoms with Crippen LogP contribution in [0.4, 0.5) is 0 Å². The largest absolute Gasteiger partial charge is 0.342 e. The summed E-state index contributed by atoms with van der Waals surface area (Å²) >= 11 is 6.87. The van der Waals surface area contributed by atoms with Gasteiger partial charge >= 0.3 is 0 Å². The Hall–Kier alpha value is -0.870. The third-order valence-electron chi connectivity index (χ3n) is 1.75. The molecule has 1 unspecified atom stereocenters. The highest BCUT2D eigenvalue weighted by molar-refractivity contribution is 7.18. The van der Waals surface area contributed by atoms with E-state index in [2.05, 4.69) is 5.32 Å². The molecule has 0 aromatic carbocycles. The van der Waals surface area contributed by atoms with Crippen LogP contribution >= 0.6 is 22.9 Å². The molecule has 0 aliphatic rings. The van der Waals surface area contributed by atoms with Gasteiger partial charge in [0, 0.05) is 0 Å². The van der Waals surface area contributed by atoms with Crippen molar-refractivity contribution in [3.8, 4) is 0 Å². The molecule has 1 amide bonds. The fourth-order valence-electron chi connectivity index (χ4n) is 0.806. The van der Waals surface area contributed by atoms with Gasteiger partial charge in [-0.1, -0.05) is 11.6 Å². The maximum atomic E-state index is 11.5. The molecular weight excluding hydrogens is 222 g/mol. The quantitative estimate of drug-likeness (QED) is 0.866. The molecule has 1 rings (SSSR count). The van der Waals surface area contributed by atoms with E-state index in [0.717, 1.165) is 0 Å². The van der Waals surface area contributed by atoms with Crippen LogP contribution in [0.15, 0.2) is 12.1 Å². The standard InChI is InChI=1S/C9H10ClNO2S/c1-5(6(2)12)11-9(13)7-3-4-8(10)14-7/h3-5H,1-2H3,(H,11,13). The number of halogens is 1. The van der Waals surface area contributed by atoms with Crippen molar-refractivity contribution in [2.45, 2.75) is 19.9 Å². The highest BCUT2D eigenvalue weighted by atomic mass is 35.5. The topological polar surface area (TPSA) is 46.2 Å². The minimum atomic E-state index is -0.455. The van der Waals surface area contributed by atoms with Crippen LogP contribution < -0.4 is 5.32 Å². The van der Waals surface area contributed by atoms with Gasteiger partial charge in [-0.15, -0.1) is 11.3 Å². The van der Waals surface area contributed by atoms with E-state index in [4.69, 9.17) is 11.6 Å². The number of hydrogen-bond donors (Lipinski definition) is 1. The lowest BCUT2D eigenvalue weighted by Gasteiger charge is -2.08. The van der Waals surface area contributed by atoms with Gasteiger partial charge in [0.15, 0.2) is 5.78 Å². The van der Waals surface area contributed by atoms with E-state index >= 15 is 0 Å². The van der Waals surface area contributed by atoms with Crippen LogP contribution in [0.3, 0.4) is 0 Å². The van der Waals surface area contributed by atoms with Crippen LogP contribution in [0, 0.1) is 0 Å². The molecule has 1 aromatic rings. The third kappa shape index (κ3) is 2.82. The molecule has 1 aromatic heterocycles. The SMILES string of the molecule is CC(=O)C(C)NC(=O)c1ccc(Cl)s1. The average molecular weight is 232 g/mol. The number of ketones is 1. The summed E-state index contributed by atoms with van der Waals surface area (Å²) in [6, 6.07) is 2.83. The summed E-state index contributed by atoms with van der Waals surface area (Å²) in [5.74, 6) is -0.328. The fourth-order valence-corrected chi connectivity index (χ4v) is 1.75. The zero-order valence-electron chi connectivity index (χ0n) is 7.83. The minimum absolute atomic E-state index is 0.0685. The second-order valence-corrected chi connectivity index (χ2v) is 4.62. The molecule has 0 spiro atoms. The lowest BCUT2D eigenvalue weighted by molar-refractivity contribution is -0.118. The second kappa shape index (κ2) is 4.57. The van der Waals surface area contributed by atoms with Gasteiger partial charge in [0.05, 0.1) is 15.3 Å². The van der Waals surface area contributed by atoms with Crippen molar-refractivity contribution in [2.75, 3.05) is 0 Å². The van der Waals surface area contributed by atoms with Gasteiger partial charge in [0.1, 0.15) is 0 Å². The van der Waals surface area contributed by atoms with E-state index < -0.39 is 6.04 Å². The predicted octanol–water partition coefficient (Wildman–Crippen LogP) is 2.11. The first-order valence-electron chi connectivity index (χ1n) is 4.07. The summed E-state index contributed by atoms with van der Waals surface area (Å²) < 4.78 is 0.561. The van der Waals surface area contributed by atoms with Crippen molar-refractivity contribution in [1.82, 2.24) is 5.32 Å². The van der Waals surface area contributed by atoms with Gasteiger partial charge in [0.25, 0.3) is 5.91 Å².